The van der Waals surface area contributed by atoms with Gasteiger partial charge >= 0.3 is 0 Å². The molecule has 0 radical (unpaired) electrons. The zero-order valence-electron chi connectivity index (χ0n) is 18.1. The first kappa shape index (κ1) is 19.3. The minimum Gasteiger partial charge on any atom is -0.306 e. The van der Waals surface area contributed by atoms with Crippen LogP contribution in [0.15, 0.2) is 122 Å². The topological polar surface area (TPSA) is 17.3 Å². The maximum atomic E-state index is 4.88. The molecule has 0 saturated heterocycles. The molecule has 6 rings (SSSR count). The van der Waals surface area contributed by atoms with Crippen LogP contribution in [0.2, 0.25) is 0 Å². The number of pyridine rings is 1. The van der Waals surface area contributed by atoms with E-state index >= 15 is 0 Å². The van der Waals surface area contributed by atoms with Gasteiger partial charge < -0.3 is 4.40 Å². The van der Waals surface area contributed by atoms with Crippen molar-refractivity contribution >= 4 is 28.6 Å². The first-order valence-corrected chi connectivity index (χ1v) is 11.1. The summed E-state index contributed by atoms with van der Waals surface area (Å²) < 4.78 is 2.08. The lowest BCUT2D eigenvalue weighted by Gasteiger charge is -2.02. The van der Waals surface area contributed by atoms with Crippen LogP contribution >= 0.6 is 0 Å². The van der Waals surface area contributed by atoms with Crippen LogP contribution in [0.4, 0.5) is 0 Å². The van der Waals surface area contributed by atoms with Gasteiger partial charge in [0.1, 0.15) is 5.65 Å². The van der Waals surface area contributed by atoms with Crippen molar-refractivity contribution in [1.82, 2.24) is 9.38 Å². The smallest absolute Gasteiger partial charge is 0.138 e. The van der Waals surface area contributed by atoms with Crippen LogP contribution in [0.3, 0.4) is 0 Å². The summed E-state index contributed by atoms with van der Waals surface area (Å²) in [6.07, 6.45) is 8.50. The number of imidazole rings is 1. The highest BCUT2D eigenvalue weighted by molar-refractivity contribution is 5.92. The average molecular weight is 423 g/mol. The third-order valence-corrected chi connectivity index (χ3v) is 6.05. The van der Waals surface area contributed by atoms with Gasteiger partial charge in [-0.05, 0) is 45.2 Å². The van der Waals surface area contributed by atoms with E-state index in [4.69, 9.17) is 4.98 Å². The monoisotopic (exact) mass is 422 g/mol. The fraction of sp³-hybridized carbons (Fsp3) is 0. The van der Waals surface area contributed by atoms with Gasteiger partial charge in [0.05, 0.1) is 5.69 Å². The molecule has 156 valence electrons. The molecule has 4 aromatic carbocycles. The number of hydrogen-bond donors (Lipinski definition) is 0. The molecule has 0 fully saturated rings. The van der Waals surface area contributed by atoms with Gasteiger partial charge in [-0.25, -0.2) is 4.98 Å². The molecule has 0 amide bonds. The maximum absolute atomic E-state index is 4.88. The Bertz CT molecular complexity index is 1580. The molecule has 0 aliphatic carbocycles. The molecular formula is C31H22N2. The third kappa shape index (κ3) is 3.83. The Morgan fingerprint density at radius 1 is 0.606 bits per heavy atom. The predicted molar refractivity (Wildman–Crippen MR) is 139 cm³/mol. The Balaban J connectivity index is 1.29. The van der Waals surface area contributed by atoms with E-state index in [1.54, 1.807) is 0 Å². The van der Waals surface area contributed by atoms with Crippen LogP contribution in [-0.4, -0.2) is 9.38 Å². The van der Waals surface area contributed by atoms with Crippen molar-refractivity contribution < 1.29 is 0 Å². The number of benzene rings is 4. The maximum Gasteiger partial charge on any atom is 0.138 e. The molecule has 0 aliphatic rings. The van der Waals surface area contributed by atoms with Gasteiger partial charge in [-0.2, -0.15) is 0 Å². The highest BCUT2D eigenvalue weighted by atomic mass is 15.0. The number of fused-ring (bicyclic) bond motifs is 2. The molecule has 0 unspecified atom stereocenters. The Morgan fingerprint density at radius 2 is 1.33 bits per heavy atom. The quantitative estimate of drug-likeness (QED) is 0.281. The molecule has 2 nitrogen and oxygen atoms in total. The van der Waals surface area contributed by atoms with Gasteiger partial charge in [-0.1, -0.05) is 109 Å². The molecule has 0 atom stereocenters. The first-order chi connectivity index (χ1) is 16.3. The molecule has 2 heteroatoms. The van der Waals surface area contributed by atoms with Crippen molar-refractivity contribution in [3.05, 3.63) is 133 Å². The average Bonchev–Trinajstić information content (AvgIpc) is 3.31. The van der Waals surface area contributed by atoms with Crippen molar-refractivity contribution in [2.45, 2.75) is 0 Å². The largest absolute Gasteiger partial charge is 0.306 e. The summed E-state index contributed by atoms with van der Waals surface area (Å²) in [5, 5.41) is 2.52. The molecule has 0 saturated carbocycles. The third-order valence-electron chi connectivity index (χ3n) is 6.05. The van der Waals surface area contributed by atoms with Gasteiger partial charge in [0, 0.05) is 18.0 Å². The van der Waals surface area contributed by atoms with Crippen LogP contribution < -0.4 is 0 Å². The normalized spacial score (nSPS) is 11.5. The zero-order chi connectivity index (χ0) is 22.0. The van der Waals surface area contributed by atoms with Crippen LogP contribution in [0.25, 0.3) is 51.0 Å². The lowest BCUT2D eigenvalue weighted by Crippen LogP contribution is -1.83. The number of hydrogen-bond acceptors (Lipinski definition) is 1. The van der Waals surface area contributed by atoms with Crippen molar-refractivity contribution in [3.63, 3.8) is 0 Å². The van der Waals surface area contributed by atoms with Gasteiger partial charge in [0.15, 0.2) is 0 Å². The summed E-state index contributed by atoms with van der Waals surface area (Å²) in [5.41, 5.74) is 7.82. The van der Waals surface area contributed by atoms with Crippen LogP contribution in [0.1, 0.15) is 11.1 Å². The summed E-state index contributed by atoms with van der Waals surface area (Å²) >= 11 is 0. The van der Waals surface area contributed by atoms with Gasteiger partial charge in [0.25, 0.3) is 0 Å². The minimum atomic E-state index is 0.942. The molecule has 0 N–H and O–H groups in total. The highest BCUT2D eigenvalue weighted by Crippen LogP contribution is 2.25. The van der Waals surface area contributed by atoms with Gasteiger partial charge in [-0.15, -0.1) is 0 Å². The van der Waals surface area contributed by atoms with Crippen molar-refractivity contribution in [3.8, 4) is 22.4 Å². The Kier molecular flexibility index (Phi) is 4.82. The standard InChI is InChI=1S/C31H22N2/c1-2-7-24(8-3-1)25-15-17-28(18-16-25)30-22-33-20-19-23(21-31(33)32-30)13-14-27-11-6-10-26-9-4-5-12-29(26)27/h1-22H. The lowest BCUT2D eigenvalue weighted by atomic mass is 10.0. The summed E-state index contributed by atoms with van der Waals surface area (Å²) in [6, 6.07) is 38.2. The van der Waals surface area contributed by atoms with E-state index in [0.717, 1.165) is 22.5 Å². The molecule has 0 spiro atoms. The van der Waals surface area contributed by atoms with Crippen molar-refractivity contribution in [2.75, 3.05) is 0 Å². The Morgan fingerprint density at radius 3 is 2.21 bits per heavy atom. The molecule has 6 aromatic rings. The second kappa shape index (κ2) is 8.25. The molecule has 2 aromatic heterocycles. The second-order valence-corrected chi connectivity index (χ2v) is 8.20. The number of aromatic nitrogens is 2. The van der Waals surface area contributed by atoms with Crippen LogP contribution in [-0.2, 0) is 0 Å². The number of rotatable bonds is 4. The highest BCUT2D eigenvalue weighted by Gasteiger charge is 2.06. The summed E-state index contributed by atoms with van der Waals surface area (Å²) in [5.74, 6) is 0. The number of nitrogens with zero attached hydrogens (tertiary/aromatic N) is 2. The van der Waals surface area contributed by atoms with Gasteiger partial charge in [-0.3, -0.25) is 0 Å². The molecule has 0 aliphatic heterocycles. The summed E-state index contributed by atoms with van der Waals surface area (Å²) in [6.45, 7) is 0. The Labute approximate surface area is 193 Å². The summed E-state index contributed by atoms with van der Waals surface area (Å²) in [7, 11) is 0. The van der Waals surface area contributed by atoms with E-state index in [9.17, 15) is 0 Å². The SMILES string of the molecule is C(=Cc1cccc2ccccc12)c1ccn2cc(-c3ccc(-c4ccccc4)cc3)nc2c1. The lowest BCUT2D eigenvalue weighted by molar-refractivity contribution is 1.18. The molecule has 2 heterocycles. The van der Waals surface area contributed by atoms with Gasteiger partial charge in [0.2, 0.25) is 0 Å². The van der Waals surface area contributed by atoms with E-state index < -0.39 is 0 Å². The predicted octanol–water partition coefficient (Wildman–Crippen LogP) is 7.99. The molecular weight excluding hydrogens is 400 g/mol. The second-order valence-electron chi connectivity index (χ2n) is 8.20. The van der Waals surface area contributed by atoms with Crippen LogP contribution in [0.5, 0.6) is 0 Å². The molecule has 0 bridgehead atoms. The van der Waals surface area contributed by atoms with E-state index in [1.165, 1.54) is 27.5 Å². The van der Waals surface area contributed by atoms with Crippen molar-refractivity contribution in [1.29, 1.82) is 0 Å². The van der Waals surface area contributed by atoms with E-state index in [-0.39, 0.29) is 0 Å². The first-order valence-electron chi connectivity index (χ1n) is 11.1. The molecule has 33 heavy (non-hydrogen) atoms. The fourth-order valence-electron chi connectivity index (χ4n) is 4.29. The fourth-order valence-corrected chi connectivity index (χ4v) is 4.29. The van der Waals surface area contributed by atoms with E-state index in [1.807, 2.05) is 6.07 Å². The zero-order valence-corrected chi connectivity index (χ0v) is 18.1. The van der Waals surface area contributed by atoms with Crippen molar-refractivity contribution in [2.24, 2.45) is 0 Å². The van der Waals surface area contributed by atoms with Crippen LogP contribution in [0, 0.1) is 0 Å². The minimum absolute atomic E-state index is 0.942. The summed E-state index contributed by atoms with van der Waals surface area (Å²) in [4.78, 5) is 4.88. The van der Waals surface area contributed by atoms with E-state index in [2.05, 4.69) is 132 Å². The Hall–Kier alpha value is -4.43. The van der Waals surface area contributed by atoms with E-state index in [0.29, 0.717) is 0 Å².